The minimum absolute atomic E-state index is 0.155. The van der Waals surface area contributed by atoms with E-state index in [1.807, 2.05) is 0 Å². The first kappa shape index (κ1) is 14.7. The average molecular weight is 312 g/mol. The van der Waals surface area contributed by atoms with Crippen molar-refractivity contribution in [3.8, 4) is 0 Å². The highest BCUT2D eigenvalue weighted by molar-refractivity contribution is 6.27. The summed E-state index contributed by atoms with van der Waals surface area (Å²) in [6, 6.07) is 8.05. The lowest BCUT2D eigenvalue weighted by Crippen LogP contribution is -2.34. The van der Waals surface area contributed by atoms with E-state index in [-0.39, 0.29) is 12.8 Å². The zero-order valence-electron chi connectivity index (χ0n) is 11.9. The largest absolute Gasteiger partial charge is 0.481 e. The van der Waals surface area contributed by atoms with Gasteiger partial charge in [-0.25, -0.2) is 0 Å². The summed E-state index contributed by atoms with van der Waals surface area (Å²) in [6.07, 6.45) is -0.425. The fraction of sp³-hybridized carbons (Fsp3) is 0.125. The molecule has 1 heterocycles. The molecule has 0 unspecified atom stereocenters. The number of anilines is 1. The van der Waals surface area contributed by atoms with Gasteiger partial charge in [0.2, 0.25) is 5.91 Å². The van der Waals surface area contributed by atoms with Crippen LogP contribution in [0.3, 0.4) is 0 Å². The lowest BCUT2D eigenvalue weighted by molar-refractivity contribution is -0.138. The number of rotatable bonds is 4. The molecule has 0 saturated heterocycles. The Labute approximate surface area is 130 Å². The number of benzene rings is 2. The Morgan fingerprint density at radius 2 is 1.70 bits per heavy atom. The summed E-state index contributed by atoms with van der Waals surface area (Å²) in [7, 11) is 0. The molecule has 3 N–H and O–H groups in total. The molecule has 0 bridgehead atoms. The van der Waals surface area contributed by atoms with Crippen molar-refractivity contribution in [2.75, 3.05) is 5.32 Å². The van der Waals surface area contributed by atoms with Gasteiger partial charge in [0, 0.05) is 34.0 Å². The summed E-state index contributed by atoms with van der Waals surface area (Å²) in [6.45, 7) is 0. The standard InChI is InChI=1S/C16H12N2O5/c19-12(6-7-13(20)21)17-11-5-4-10-14-8(11)2-1-3-9(14)15(22)18-16(10)23/h1-5H,6-7H2,(H,17,19)(H,20,21)(H,18,22,23). The Hall–Kier alpha value is -3.22. The van der Waals surface area contributed by atoms with Gasteiger partial charge in [0.05, 0.1) is 6.42 Å². The number of imide groups is 1. The predicted molar refractivity (Wildman–Crippen MR) is 81.2 cm³/mol. The summed E-state index contributed by atoms with van der Waals surface area (Å²) in [5, 5.41) is 14.5. The minimum atomic E-state index is -1.06. The van der Waals surface area contributed by atoms with Gasteiger partial charge in [0.25, 0.3) is 11.8 Å². The third-order valence-electron chi connectivity index (χ3n) is 3.60. The van der Waals surface area contributed by atoms with Gasteiger partial charge in [0.15, 0.2) is 0 Å². The van der Waals surface area contributed by atoms with Gasteiger partial charge in [0.1, 0.15) is 0 Å². The van der Waals surface area contributed by atoms with Crippen molar-refractivity contribution in [2.24, 2.45) is 0 Å². The maximum atomic E-state index is 11.9. The molecule has 1 aliphatic heterocycles. The van der Waals surface area contributed by atoms with Crippen LogP contribution in [0.2, 0.25) is 0 Å². The Kier molecular flexibility index (Phi) is 3.53. The molecule has 0 radical (unpaired) electrons. The van der Waals surface area contributed by atoms with E-state index < -0.39 is 23.7 Å². The first-order chi connectivity index (χ1) is 11.0. The summed E-state index contributed by atoms with van der Waals surface area (Å²) in [5.41, 5.74) is 1.15. The van der Waals surface area contributed by atoms with Crippen LogP contribution in [-0.4, -0.2) is 28.8 Å². The SMILES string of the molecule is O=C(O)CCC(=O)Nc1ccc2c3c(cccc13)C(=O)NC2=O. The van der Waals surface area contributed by atoms with Gasteiger partial charge in [-0.1, -0.05) is 12.1 Å². The molecule has 0 aromatic heterocycles. The molecule has 7 nitrogen and oxygen atoms in total. The van der Waals surface area contributed by atoms with Crippen molar-refractivity contribution in [1.82, 2.24) is 5.32 Å². The second-order valence-corrected chi connectivity index (χ2v) is 5.11. The number of carboxylic acids is 1. The number of hydrogen-bond acceptors (Lipinski definition) is 4. The van der Waals surface area contributed by atoms with E-state index in [0.29, 0.717) is 27.6 Å². The second-order valence-electron chi connectivity index (χ2n) is 5.11. The quantitative estimate of drug-likeness (QED) is 0.741. The van der Waals surface area contributed by atoms with Crippen molar-refractivity contribution in [3.05, 3.63) is 41.5 Å². The molecule has 0 spiro atoms. The Morgan fingerprint density at radius 1 is 1.00 bits per heavy atom. The summed E-state index contributed by atoms with van der Waals surface area (Å²) >= 11 is 0. The van der Waals surface area contributed by atoms with E-state index in [4.69, 9.17) is 5.11 Å². The molecule has 2 aromatic carbocycles. The van der Waals surface area contributed by atoms with Crippen LogP contribution in [0.4, 0.5) is 5.69 Å². The molecular formula is C16H12N2O5. The van der Waals surface area contributed by atoms with Gasteiger partial charge >= 0.3 is 5.97 Å². The summed E-state index contributed by atoms with van der Waals surface area (Å²) in [5.74, 6) is -2.47. The number of hydrogen-bond donors (Lipinski definition) is 3. The monoisotopic (exact) mass is 312 g/mol. The molecule has 3 rings (SSSR count). The van der Waals surface area contributed by atoms with Gasteiger partial charge in [-0.2, -0.15) is 0 Å². The number of nitrogens with one attached hydrogen (secondary N) is 2. The summed E-state index contributed by atoms with van der Waals surface area (Å²) < 4.78 is 0. The van der Waals surface area contributed by atoms with E-state index in [9.17, 15) is 19.2 Å². The molecule has 0 atom stereocenters. The fourth-order valence-electron chi connectivity index (χ4n) is 2.57. The van der Waals surface area contributed by atoms with Crippen LogP contribution < -0.4 is 10.6 Å². The zero-order chi connectivity index (χ0) is 16.6. The lowest BCUT2D eigenvalue weighted by Gasteiger charge is -2.18. The third-order valence-corrected chi connectivity index (χ3v) is 3.60. The van der Waals surface area contributed by atoms with Crippen molar-refractivity contribution in [1.29, 1.82) is 0 Å². The van der Waals surface area contributed by atoms with Crippen LogP contribution in [0.1, 0.15) is 33.6 Å². The highest BCUT2D eigenvalue weighted by Crippen LogP contribution is 2.31. The van der Waals surface area contributed by atoms with Crippen molar-refractivity contribution < 1.29 is 24.3 Å². The smallest absolute Gasteiger partial charge is 0.303 e. The lowest BCUT2D eigenvalue weighted by atomic mass is 9.94. The molecule has 1 aliphatic rings. The van der Waals surface area contributed by atoms with Gasteiger partial charge in [-0.15, -0.1) is 0 Å². The fourth-order valence-corrected chi connectivity index (χ4v) is 2.57. The van der Waals surface area contributed by atoms with E-state index in [1.165, 1.54) is 6.07 Å². The van der Waals surface area contributed by atoms with E-state index in [2.05, 4.69) is 10.6 Å². The van der Waals surface area contributed by atoms with Gasteiger partial charge < -0.3 is 10.4 Å². The number of amides is 3. The van der Waals surface area contributed by atoms with E-state index in [1.54, 1.807) is 24.3 Å². The molecule has 3 amide bonds. The Balaban J connectivity index is 2.03. The molecule has 0 fully saturated rings. The number of carbonyl (C=O) groups excluding carboxylic acids is 3. The van der Waals surface area contributed by atoms with Gasteiger partial charge in [-0.3, -0.25) is 24.5 Å². The number of carboxylic acid groups (broad SMARTS) is 1. The number of carbonyl (C=O) groups is 4. The van der Waals surface area contributed by atoms with Crippen LogP contribution in [0, 0.1) is 0 Å². The highest BCUT2D eigenvalue weighted by atomic mass is 16.4. The molecule has 7 heteroatoms. The molecule has 0 aliphatic carbocycles. The van der Waals surface area contributed by atoms with Crippen molar-refractivity contribution in [2.45, 2.75) is 12.8 Å². The minimum Gasteiger partial charge on any atom is -0.481 e. The van der Waals surface area contributed by atoms with Crippen LogP contribution >= 0.6 is 0 Å². The van der Waals surface area contributed by atoms with Crippen molar-refractivity contribution in [3.63, 3.8) is 0 Å². The summed E-state index contributed by atoms with van der Waals surface area (Å²) in [4.78, 5) is 46.2. The topological polar surface area (TPSA) is 113 Å². The molecule has 2 aromatic rings. The van der Waals surface area contributed by atoms with Crippen LogP contribution in [-0.2, 0) is 9.59 Å². The average Bonchev–Trinajstić information content (AvgIpc) is 2.51. The first-order valence-electron chi connectivity index (χ1n) is 6.90. The van der Waals surface area contributed by atoms with Crippen LogP contribution in [0.15, 0.2) is 30.3 Å². The van der Waals surface area contributed by atoms with Crippen molar-refractivity contribution >= 4 is 40.2 Å². The van der Waals surface area contributed by atoms with Crippen LogP contribution in [0.25, 0.3) is 10.8 Å². The molecule has 116 valence electrons. The van der Waals surface area contributed by atoms with Gasteiger partial charge in [-0.05, 0) is 18.2 Å². The molecular weight excluding hydrogens is 300 g/mol. The maximum absolute atomic E-state index is 11.9. The first-order valence-corrected chi connectivity index (χ1v) is 6.90. The molecule has 23 heavy (non-hydrogen) atoms. The predicted octanol–water partition coefficient (Wildman–Crippen LogP) is 1.53. The maximum Gasteiger partial charge on any atom is 0.303 e. The molecule has 0 saturated carbocycles. The van der Waals surface area contributed by atoms with E-state index in [0.717, 1.165) is 0 Å². The second kappa shape index (κ2) is 5.53. The van der Waals surface area contributed by atoms with Crippen LogP contribution in [0.5, 0.6) is 0 Å². The van der Waals surface area contributed by atoms with E-state index >= 15 is 0 Å². The Morgan fingerprint density at radius 3 is 2.39 bits per heavy atom. The zero-order valence-corrected chi connectivity index (χ0v) is 11.9. The Bertz CT molecular complexity index is 852. The normalized spacial score (nSPS) is 12.9. The number of aliphatic carboxylic acids is 1. The third kappa shape index (κ3) is 2.64. The highest BCUT2D eigenvalue weighted by Gasteiger charge is 2.25.